The molecule has 0 saturated carbocycles. The van der Waals surface area contributed by atoms with Gasteiger partial charge in [-0.05, 0) is 25.5 Å². The van der Waals surface area contributed by atoms with Crippen LogP contribution in [0.4, 0.5) is 0 Å². The van der Waals surface area contributed by atoms with E-state index in [4.69, 9.17) is 5.73 Å². The van der Waals surface area contributed by atoms with Crippen molar-refractivity contribution in [1.29, 1.82) is 0 Å². The predicted molar refractivity (Wildman–Crippen MR) is 75.0 cm³/mol. The Morgan fingerprint density at radius 2 is 2.00 bits per heavy atom. The third-order valence-corrected chi connectivity index (χ3v) is 2.89. The molecular weight excluding hydrogens is 208 g/mol. The van der Waals surface area contributed by atoms with E-state index < -0.39 is 0 Å². The summed E-state index contributed by atoms with van der Waals surface area (Å²) in [6.45, 7) is 11.0. The first-order valence-electron chi connectivity index (χ1n) is 6.32. The highest BCUT2D eigenvalue weighted by atomic mass is 15.1. The highest BCUT2D eigenvalue weighted by Crippen LogP contribution is 2.13. The first-order chi connectivity index (χ1) is 8.17. The van der Waals surface area contributed by atoms with Crippen LogP contribution in [0.5, 0.6) is 0 Å². The summed E-state index contributed by atoms with van der Waals surface area (Å²) in [6.07, 6.45) is 3.09. The topological polar surface area (TPSA) is 29.3 Å². The number of nitrogens with two attached hydrogens (primary N) is 1. The van der Waals surface area contributed by atoms with Crippen molar-refractivity contribution < 1.29 is 0 Å². The second-order valence-electron chi connectivity index (χ2n) is 4.57. The number of hydrogen-bond acceptors (Lipinski definition) is 2. The van der Waals surface area contributed by atoms with Crippen LogP contribution in [-0.4, -0.2) is 24.5 Å². The zero-order valence-electron chi connectivity index (χ0n) is 11.0. The Hall–Kier alpha value is -1.12. The van der Waals surface area contributed by atoms with Crippen LogP contribution >= 0.6 is 0 Å². The normalized spacial score (nSPS) is 12.7. The van der Waals surface area contributed by atoms with Gasteiger partial charge in [0.05, 0.1) is 0 Å². The summed E-state index contributed by atoms with van der Waals surface area (Å²) >= 11 is 0. The molecule has 1 aromatic rings. The van der Waals surface area contributed by atoms with Crippen molar-refractivity contribution in [3.05, 3.63) is 48.0 Å². The summed E-state index contributed by atoms with van der Waals surface area (Å²) in [5.41, 5.74) is 8.72. The number of nitrogens with zero attached hydrogens (tertiary/aromatic N) is 1. The molecule has 2 N–H and O–H groups in total. The van der Waals surface area contributed by atoms with E-state index in [1.54, 1.807) is 0 Å². The van der Waals surface area contributed by atoms with Crippen LogP contribution < -0.4 is 5.73 Å². The summed E-state index contributed by atoms with van der Waals surface area (Å²) in [5, 5.41) is 0. The Kier molecular flexibility index (Phi) is 5.95. The van der Waals surface area contributed by atoms with Gasteiger partial charge in [-0.25, -0.2) is 0 Å². The maximum absolute atomic E-state index is 6.23. The third kappa shape index (κ3) is 4.72. The first-order valence-corrected chi connectivity index (χ1v) is 6.32. The van der Waals surface area contributed by atoms with Crippen LogP contribution in [0.15, 0.2) is 36.9 Å². The van der Waals surface area contributed by atoms with Gasteiger partial charge in [0.1, 0.15) is 0 Å². The van der Waals surface area contributed by atoms with Crippen molar-refractivity contribution >= 4 is 0 Å². The number of rotatable bonds is 7. The lowest BCUT2D eigenvalue weighted by Gasteiger charge is -2.24. The molecule has 0 fully saturated rings. The average Bonchev–Trinajstić information content (AvgIpc) is 2.30. The van der Waals surface area contributed by atoms with Crippen LogP contribution in [0, 0.1) is 6.92 Å². The molecule has 1 unspecified atom stereocenters. The smallest absolute Gasteiger partial charge is 0.0424 e. The largest absolute Gasteiger partial charge is 0.323 e. The zero-order valence-corrected chi connectivity index (χ0v) is 11.0. The highest BCUT2D eigenvalue weighted by molar-refractivity contribution is 5.24. The van der Waals surface area contributed by atoms with Gasteiger partial charge in [0.2, 0.25) is 0 Å². The molecule has 0 heterocycles. The molecule has 0 spiro atoms. The minimum Gasteiger partial charge on any atom is -0.323 e. The lowest BCUT2D eigenvalue weighted by atomic mass is 10.1. The van der Waals surface area contributed by atoms with Crippen molar-refractivity contribution in [1.82, 2.24) is 4.90 Å². The van der Waals surface area contributed by atoms with Gasteiger partial charge in [-0.2, -0.15) is 0 Å². The lowest BCUT2D eigenvalue weighted by Crippen LogP contribution is -2.33. The second-order valence-corrected chi connectivity index (χ2v) is 4.57. The average molecular weight is 232 g/mol. The highest BCUT2D eigenvalue weighted by Gasteiger charge is 2.10. The summed E-state index contributed by atoms with van der Waals surface area (Å²) in [7, 11) is 0. The Balaban J connectivity index is 2.59. The minimum atomic E-state index is 0.0853. The summed E-state index contributed by atoms with van der Waals surface area (Å²) in [6, 6.07) is 8.57. The zero-order chi connectivity index (χ0) is 12.7. The standard InChI is InChI=1S/C15H24N2/c1-4-10-17(11-5-2)12-15(16)14-8-6-13(3)7-9-14/h4,6-9,15H,1,5,10-12,16H2,2-3H3. The van der Waals surface area contributed by atoms with E-state index in [2.05, 4.69) is 49.6 Å². The van der Waals surface area contributed by atoms with Gasteiger partial charge in [-0.3, -0.25) is 4.90 Å². The fourth-order valence-electron chi connectivity index (χ4n) is 1.95. The third-order valence-electron chi connectivity index (χ3n) is 2.89. The molecular formula is C15H24N2. The van der Waals surface area contributed by atoms with E-state index in [-0.39, 0.29) is 6.04 Å². The molecule has 0 aromatic heterocycles. The number of aryl methyl sites for hydroxylation is 1. The second kappa shape index (κ2) is 7.25. The Morgan fingerprint density at radius 1 is 1.35 bits per heavy atom. The molecule has 1 atom stereocenters. The molecule has 0 aliphatic heterocycles. The number of hydrogen-bond donors (Lipinski definition) is 1. The van der Waals surface area contributed by atoms with Crippen molar-refractivity contribution in [2.45, 2.75) is 26.3 Å². The molecule has 1 aromatic carbocycles. The van der Waals surface area contributed by atoms with Crippen molar-refractivity contribution in [2.24, 2.45) is 5.73 Å². The van der Waals surface area contributed by atoms with Crippen molar-refractivity contribution in [3.63, 3.8) is 0 Å². The van der Waals surface area contributed by atoms with Gasteiger partial charge in [-0.15, -0.1) is 6.58 Å². The molecule has 0 bridgehead atoms. The van der Waals surface area contributed by atoms with Crippen LogP contribution in [0.25, 0.3) is 0 Å². The summed E-state index contributed by atoms with van der Waals surface area (Å²) in [4.78, 5) is 2.34. The van der Waals surface area contributed by atoms with Crippen molar-refractivity contribution in [3.8, 4) is 0 Å². The van der Waals surface area contributed by atoms with Gasteiger partial charge >= 0.3 is 0 Å². The maximum atomic E-state index is 6.23. The SMILES string of the molecule is C=CCN(CCC)CC(N)c1ccc(C)cc1. The fraction of sp³-hybridized carbons (Fsp3) is 0.467. The molecule has 94 valence electrons. The summed E-state index contributed by atoms with van der Waals surface area (Å²) < 4.78 is 0. The molecule has 0 radical (unpaired) electrons. The lowest BCUT2D eigenvalue weighted by molar-refractivity contribution is 0.284. The quantitative estimate of drug-likeness (QED) is 0.732. The fourth-order valence-corrected chi connectivity index (χ4v) is 1.95. The van der Waals surface area contributed by atoms with E-state index in [0.717, 1.165) is 26.1 Å². The Bertz CT molecular complexity index is 329. The van der Waals surface area contributed by atoms with E-state index in [0.29, 0.717) is 0 Å². The van der Waals surface area contributed by atoms with E-state index >= 15 is 0 Å². The Labute approximate surface area is 105 Å². The molecule has 2 nitrogen and oxygen atoms in total. The van der Waals surface area contributed by atoms with Gasteiger partial charge in [0, 0.05) is 19.1 Å². The van der Waals surface area contributed by atoms with Crippen LogP contribution in [-0.2, 0) is 0 Å². The van der Waals surface area contributed by atoms with Crippen molar-refractivity contribution in [2.75, 3.05) is 19.6 Å². The molecule has 2 heteroatoms. The predicted octanol–water partition coefficient (Wildman–Crippen LogP) is 2.89. The van der Waals surface area contributed by atoms with Crippen LogP contribution in [0.3, 0.4) is 0 Å². The monoisotopic (exact) mass is 232 g/mol. The molecule has 0 saturated heterocycles. The van der Waals surface area contributed by atoms with Gasteiger partial charge in [0.15, 0.2) is 0 Å². The van der Waals surface area contributed by atoms with Gasteiger partial charge in [-0.1, -0.05) is 42.8 Å². The first kappa shape index (κ1) is 13.9. The summed E-state index contributed by atoms with van der Waals surface area (Å²) in [5.74, 6) is 0. The Morgan fingerprint density at radius 3 is 2.53 bits per heavy atom. The minimum absolute atomic E-state index is 0.0853. The van der Waals surface area contributed by atoms with Crippen LogP contribution in [0.1, 0.15) is 30.5 Å². The van der Waals surface area contributed by atoms with Gasteiger partial charge < -0.3 is 5.73 Å². The molecule has 0 amide bonds. The van der Waals surface area contributed by atoms with Gasteiger partial charge in [0.25, 0.3) is 0 Å². The molecule has 1 rings (SSSR count). The van der Waals surface area contributed by atoms with E-state index in [1.807, 2.05) is 6.08 Å². The maximum Gasteiger partial charge on any atom is 0.0424 e. The molecule has 0 aliphatic rings. The molecule has 17 heavy (non-hydrogen) atoms. The van der Waals surface area contributed by atoms with Crippen LogP contribution in [0.2, 0.25) is 0 Å². The molecule has 0 aliphatic carbocycles. The number of benzene rings is 1. The van der Waals surface area contributed by atoms with E-state index in [1.165, 1.54) is 11.1 Å². The van der Waals surface area contributed by atoms with E-state index in [9.17, 15) is 0 Å².